The molecule has 2 aromatic carbocycles. The van der Waals surface area contributed by atoms with Crippen LogP contribution in [0.25, 0.3) is 22.2 Å². The lowest BCUT2D eigenvalue weighted by Gasteiger charge is -2.30. The standard InChI is InChI=1S/C26H29N3O4.H2/c1-17(2)33-26(30)28-20-10-8-19(9-11-20)25-23(14-27)22-12-7-18(15-32-16-31-3)13-24(22)29(25)21-5-4-6-21;/h7-13,17,21H,4-6,15-16H2,1-3H3,(H,28,30);1H. The van der Waals surface area contributed by atoms with E-state index in [1.54, 1.807) is 21.0 Å². The second kappa shape index (κ2) is 10.1. The van der Waals surface area contributed by atoms with Gasteiger partial charge in [0.1, 0.15) is 12.9 Å². The van der Waals surface area contributed by atoms with Gasteiger partial charge in [0, 0.05) is 25.7 Å². The molecule has 0 saturated heterocycles. The lowest BCUT2D eigenvalue weighted by atomic mass is 9.92. The third-order valence-electron chi connectivity index (χ3n) is 5.84. The van der Waals surface area contributed by atoms with Crippen LogP contribution in [-0.2, 0) is 20.8 Å². The maximum atomic E-state index is 11.9. The predicted octanol–water partition coefficient (Wildman–Crippen LogP) is 6.23. The Morgan fingerprint density at radius 3 is 2.61 bits per heavy atom. The number of benzene rings is 2. The predicted molar refractivity (Wildman–Crippen MR) is 129 cm³/mol. The maximum Gasteiger partial charge on any atom is 0.411 e. The first kappa shape index (κ1) is 22.8. The molecule has 1 aromatic heterocycles. The fraction of sp³-hybridized carbons (Fsp3) is 0.385. The van der Waals surface area contributed by atoms with Crippen LogP contribution in [0.1, 0.15) is 51.7 Å². The van der Waals surface area contributed by atoms with Crippen LogP contribution in [0.2, 0.25) is 0 Å². The Balaban J connectivity index is 0.00000324. The molecule has 0 bridgehead atoms. The number of hydrogen-bond acceptors (Lipinski definition) is 5. The highest BCUT2D eigenvalue weighted by Crippen LogP contribution is 2.42. The molecule has 33 heavy (non-hydrogen) atoms. The minimum atomic E-state index is -0.484. The molecule has 4 rings (SSSR count). The Hall–Kier alpha value is -3.34. The number of rotatable bonds is 8. The van der Waals surface area contributed by atoms with E-state index in [4.69, 9.17) is 14.2 Å². The molecule has 1 fully saturated rings. The van der Waals surface area contributed by atoms with Gasteiger partial charge in [-0.25, -0.2) is 4.79 Å². The molecular formula is C26H31N3O4. The summed E-state index contributed by atoms with van der Waals surface area (Å²) in [5, 5.41) is 13.8. The summed E-state index contributed by atoms with van der Waals surface area (Å²) in [6.07, 6.45) is 2.69. The Kier molecular flexibility index (Phi) is 6.97. The lowest BCUT2D eigenvalue weighted by Crippen LogP contribution is -2.18. The van der Waals surface area contributed by atoms with Crippen molar-refractivity contribution in [3.8, 4) is 17.3 Å². The molecule has 1 aliphatic rings. The summed E-state index contributed by atoms with van der Waals surface area (Å²) in [7, 11) is 1.60. The summed E-state index contributed by atoms with van der Waals surface area (Å²) in [6.45, 7) is 4.30. The van der Waals surface area contributed by atoms with Crippen molar-refractivity contribution in [2.45, 2.75) is 51.9 Å². The second-order valence-electron chi connectivity index (χ2n) is 8.55. The van der Waals surface area contributed by atoms with Crippen LogP contribution in [0, 0.1) is 11.3 Å². The Morgan fingerprint density at radius 1 is 1.24 bits per heavy atom. The minimum absolute atomic E-state index is 0. The number of ether oxygens (including phenoxy) is 3. The molecule has 1 heterocycles. The van der Waals surface area contributed by atoms with Crippen molar-refractivity contribution >= 4 is 22.7 Å². The first-order valence-corrected chi connectivity index (χ1v) is 11.2. The number of aromatic nitrogens is 1. The number of carbonyl (C=O) groups excluding carboxylic acids is 1. The molecule has 3 aromatic rings. The summed E-state index contributed by atoms with van der Waals surface area (Å²) >= 11 is 0. The molecule has 0 atom stereocenters. The van der Waals surface area contributed by atoms with E-state index in [1.165, 1.54) is 6.42 Å². The van der Waals surface area contributed by atoms with Gasteiger partial charge in [-0.1, -0.05) is 24.3 Å². The third kappa shape index (κ3) is 4.87. The molecule has 174 valence electrons. The molecule has 1 aliphatic carbocycles. The first-order chi connectivity index (χ1) is 16.0. The van der Waals surface area contributed by atoms with Gasteiger partial charge in [-0.3, -0.25) is 5.32 Å². The molecule has 0 unspecified atom stereocenters. The summed E-state index contributed by atoms with van der Waals surface area (Å²) in [6, 6.07) is 16.5. The van der Waals surface area contributed by atoms with Crippen LogP contribution in [0.3, 0.4) is 0 Å². The highest BCUT2D eigenvalue weighted by atomic mass is 16.7. The summed E-state index contributed by atoms with van der Waals surface area (Å²) in [5.74, 6) is 0. The van der Waals surface area contributed by atoms with Crippen molar-refractivity contribution in [3.63, 3.8) is 0 Å². The van der Waals surface area contributed by atoms with Gasteiger partial charge in [0.25, 0.3) is 0 Å². The fourth-order valence-corrected chi connectivity index (χ4v) is 4.18. The average molecular weight is 450 g/mol. The molecule has 1 amide bonds. The van der Waals surface area contributed by atoms with E-state index in [0.29, 0.717) is 23.9 Å². The molecule has 7 heteroatoms. The quantitative estimate of drug-likeness (QED) is 0.325. The van der Waals surface area contributed by atoms with Crippen LogP contribution in [0.4, 0.5) is 10.5 Å². The number of fused-ring (bicyclic) bond motifs is 1. The molecule has 7 nitrogen and oxygen atoms in total. The molecule has 0 radical (unpaired) electrons. The van der Waals surface area contributed by atoms with Crippen molar-refractivity contribution in [3.05, 3.63) is 53.6 Å². The Morgan fingerprint density at radius 2 is 2.00 bits per heavy atom. The zero-order valence-corrected chi connectivity index (χ0v) is 19.3. The highest BCUT2D eigenvalue weighted by molar-refractivity contribution is 5.95. The monoisotopic (exact) mass is 449 g/mol. The average Bonchev–Trinajstić information content (AvgIpc) is 3.06. The minimum Gasteiger partial charge on any atom is -0.447 e. The smallest absolute Gasteiger partial charge is 0.411 e. The second-order valence-corrected chi connectivity index (χ2v) is 8.55. The van der Waals surface area contributed by atoms with Crippen LogP contribution >= 0.6 is 0 Å². The molecule has 1 saturated carbocycles. The van der Waals surface area contributed by atoms with Gasteiger partial charge in [-0.05, 0) is 62.4 Å². The molecule has 0 aliphatic heterocycles. The van der Waals surface area contributed by atoms with Gasteiger partial charge >= 0.3 is 6.09 Å². The Bertz CT molecular complexity index is 1180. The van der Waals surface area contributed by atoms with Gasteiger partial charge in [-0.2, -0.15) is 5.26 Å². The van der Waals surface area contributed by atoms with E-state index in [-0.39, 0.29) is 14.3 Å². The number of amides is 1. The van der Waals surface area contributed by atoms with Crippen molar-refractivity contribution in [2.75, 3.05) is 19.2 Å². The summed E-state index contributed by atoms with van der Waals surface area (Å²) < 4.78 is 18.0. The number of anilines is 1. The summed E-state index contributed by atoms with van der Waals surface area (Å²) in [4.78, 5) is 11.9. The van der Waals surface area contributed by atoms with Crippen LogP contribution in [0.15, 0.2) is 42.5 Å². The number of nitriles is 1. The number of carbonyl (C=O) groups is 1. The lowest BCUT2D eigenvalue weighted by molar-refractivity contribution is -0.0390. The molecule has 0 spiro atoms. The highest BCUT2D eigenvalue weighted by Gasteiger charge is 2.27. The topological polar surface area (TPSA) is 85.5 Å². The fourth-order valence-electron chi connectivity index (χ4n) is 4.18. The maximum absolute atomic E-state index is 11.9. The number of nitrogens with one attached hydrogen (secondary N) is 1. The molecule has 1 N–H and O–H groups in total. The van der Waals surface area contributed by atoms with Crippen LogP contribution < -0.4 is 5.32 Å². The van der Waals surface area contributed by atoms with E-state index in [2.05, 4.69) is 22.0 Å². The first-order valence-electron chi connectivity index (χ1n) is 11.2. The van der Waals surface area contributed by atoms with Gasteiger partial charge in [-0.15, -0.1) is 0 Å². The third-order valence-corrected chi connectivity index (χ3v) is 5.84. The van der Waals surface area contributed by atoms with E-state index in [0.717, 1.165) is 40.6 Å². The SMILES string of the molecule is COCOCc1ccc2c(C#N)c(-c3ccc(NC(=O)OC(C)C)cc3)n(C3CCC3)c2c1.[HH]. The van der Waals surface area contributed by atoms with Gasteiger partial charge in [0.05, 0.1) is 29.5 Å². The van der Waals surface area contributed by atoms with E-state index in [9.17, 15) is 10.1 Å². The van der Waals surface area contributed by atoms with E-state index in [1.807, 2.05) is 36.4 Å². The normalized spacial score (nSPS) is 13.7. The Labute approximate surface area is 195 Å². The van der Waals surface area contributed by atoms with Crippen LogP contribution in [-0.4, -0.2) is 30.7 Å². The molecular weight excluding hydrogens is 418 g/mol. The number of hydrogen-bond donors (Lipinski definition) is 1. The number of nitrogens with zero attached hydrogens (tertiary/aromatic N) is 2. The van der Waals surface area contributed by atoms with Crippen molar-refractivity contribution in [1.29, 1.82) is 5.26 Å². The van der Waals surface area contributed by atoms with Gasteiger partial charge in [0.2, 0.25) is 0 Å². The summed E-state index contributed by atoms with van der Waals surface area (Å²) in [5.41, 5.74) is 5.26. The largest absolute Gasteiger partial charge is 0.447 e. The van der Waals surface area contributed by atoms with Crippen molar-refractivity contribution in [1.82, 2.24) is 4.57 Å². The van der Waals surface area contributed by atoms with Crippen molar-refractivity contribution in [2.24, 2.45) is 0 Å². The van der Waals surface area contributed by atoms with Crippen molar-refractivity contribution < 1.29 is 20.4 Å². The van der Waals surface area contributed by atoms with E-state index < -0.39 is 6.09 Å². The van der Waals surface area contributed by atoms with Crippen LogP contribution in [0.5, 0.6) is 0 Å². The zero-order chi connectivity index (χ0) is 23.4. The zero-order valence-electron chi connectivity index (χ0n) is 19.3. The number of methoxy groups -OCH3 is 1. The van der Waals surface area contributed by atoms with E-state index >= 15 is 0 Å². The van der Waals surface area contributed by atoms with Gasteiger partial charge in [0.15, 0.2) is 0 Å². The van der Waals surface area contributed by atoms with Gasteiger partial charge < -0.3 is 18.8 Å².